The van der Waals surface area contributed by atoms with E-state index in [1.807, 2.05) is 0 Å². The maximum Gasteiger partial charge on any atom is 0 e. The van der Waals surface area contributed by atoms with Gasteiger partial charge in [-0.25, -0.2) is 0 Å². The fraction of sp³-hybridized carbons (Fsp3) is 0. The van der Waals surface area contributed by atoms with E-state index in [-0.39, 0.29) is 111 Å². The van der Waals surface area contributed by atoms with E-state index in [1.54, 1.807) is 0 Å². The van der Waals surface area contributed by atoms with Crippen LogP contribution in [0.2, 0.25) is 0 Å². The minimum Gasteiger partial charge on any atom is -0.412 e. The Hall–Kier alpha value is 2.38. The van der Waals surface area contributed by atoms with Gasteiger partial charge in [0.05, 0.1) is 0 Å². The van der Waals surface area contributed by atoms with Gasteiger partial charge in [0.15, 0.2) is 0 Å². The van der Waals surface area contributed by atoms with Crippen LogP contribution in [-0.4, -0.2) is 92.0 Å². The maximum atomic E-state index is 0. The van der Waals surface area contributed by atoms with Crippen molar-refractivity contribution in [3.8, 4) is 0 Å². The largest absolute Gasteiger partial charge is 0.412 e. The third-order valence-electron chi connectivity index (χ3n) is 0. The summed E-state index contributed by atoms with van der Waals surface area (Å²) in [6.45, 7) is 0. The molecule has 0 amide bonds. The Balaban J connectivity index is 0. The monoisotopic (exact) mass is 257 g/mol. The van der Waals surface area contributed by atoms with E-state index in [0.29, 0.717) is 0 Å². The van der Waals surface area contributed by atoms with Gasteiger partial charge in [0.2, 0.25) is 0 Å². The summed E-state index contributed by atoms with van der Waals surface area (Å²) in [4.78, 5) is 0. The molecule has 6 nitrogen and oxygen atoms in total. The molecular weight excluding hydrogens is 245 g/mol. The SMILES string of the molecule is O.O.O.O.O.O.[Na].[Na].[Rh]. The fourth-order valence-electron chi connectivity index (χ4n) is 0. The minimum atomic E-state index is 0. The molecule has 0 heterocycles. The molecule has 0 saturated carbocycles. The fourth-order valence-corrected chi connectivity index (χ4v) is 0. The van der Waals surface area contributed by atoms with Crippen molar-refractivity contribution in [3.05, 3.63) is 0 Å². The molecule has 0 bridgehead atoms. The van der Waals surface area contributed by atoms with E-state index >= 15 is 0 Å². The van der Waals surface area contributed by atoms with Crippen LogP contribution in [0.4, 0.5) is 0 Å². The molecule has 0 aliphatic rings. The predicted molar refractivity (Wildman–Crippen MR) is 33.2 cm³/mol. The molecule has 0 rings (SSSR count). The van der Waals surface area contributed by atoms with Gasteiger partial charge in [0.25, 0.3) is 0 Å². The van der Waals surface area contributed by atoms with Crippen LogP contribution < -0.4 is 0 Å². The van der Waals surface area contributed by atoms with Crippen LogP contribution in [0, 0.1) is 0 Å². The molecule has 12 N–H and O–H groups in total. The Morgan fingerprint density at radius 2 is 0.333 bits per heavy atom. The van der Waals surface area contributed by atoms with Gasteiger partial charge in [-0.1, -0.05) is 0 Å². The second-order valence-corrected chi connectivity index (χ2v) is 0. The summed E-state index contributed by atoms with van der Waals surface area (Å²) >= 11 is 0. The molecule has 0 aliphatic carbocycles. The summed E-state index contributed by atoms with van der Waals surface area (Å²) in [6, 6.07) is 0. The maximum absolute atomic E-state index is 0. The molecule has 0 aromatic carbocycles. The molecular formula is H12Na2O6Rh. The van der Waals surface area contributed by atoms with Gasteiger partial charge in [-0.2, -0.15) is 0 Å². The molecule has 59 valence electrons. The van der Waals surface area contributed by atoms with Crippen molar-refractivity contribution in [2.45, 2.75) is 0 Å². The van der Waals surface area contributed by atoms with Crippen LogP contribution in [0.3, 0.4) is 0 Å². The van der Waals surface area contributed by atoms with Crippen molar-refractivity contribution in [2.75, 3.05) is 0 Å². The summed E-state index contributed by atoms with van der Waals surface area (Å²) in [5.74, 6) is 0. The molecule has 0 aromatic heterocycles. The Bertz CT molecular complexity index is 11.0. The van der Waals surface area contributed by atoms with Crippen molar-refractivity contribution >= 4 is 59.1 Å². The zero-order chi connectivity index (χ0) is 0. The smallest absolute Gasteiger partial charge is 0 e. The summed E-state index contributed by atoms with van der Waals surface area (Å²) in [5.41, 5.74) is 0. The van der Waals surface area contributed by atoms with Crippen molar-refractivity contribution in [1.82, 2.24) is 0 Å². The van der Waals surface area contributed by atoms with Crippen LogP contribution in [0.25, 0.3) is 0 Å². The van der Waals surface area contributed by atoms with Crippen LogP contribution in [0.5, 0.6) is 0 Å². The van der Waals surface area contributed by atoms with E-state index in [9.17, 15) is 0 Å². The van der Waals surface area contributed by atoms with Gasteiger partial charge >= 0.3 is 0 Å². The average molecular weight is 257 g/mol. The van der Waals surface area contributed by atoms with E-state index < -0.39 is 0 Å². The topological polar surface area (TPSA) is 189 Å². The predicted octanol–water partition coefficient (Wildman–Crippen LogP) is -5.71. The van der Waals surface area contributed by atoms with Gasteiger partial charge in [0, 0.05) is 78.6 Å². The summed E-state index contributed by atoms with van der Waals surface area (Å²) in [5, 5.41) is 0. The van der Waals surface area contributed by atoms with Crippen LogP contribution in [0.15, 0.2) is 0 Å². The number of hydrogen-bond donors (Lipinski definition) is 0. The van der Waals surface area contributed by atoms with Gasteiger partial charge in [-0.15, -0.1) is 0 Å². The summed E-state index contributed by atoms with van der Waals surface area (Å²) < 4.78 is 0. The van der Waals surface area contributed by atoms with Crippen LogP contribution in [-0.2, 0) is 19.5 Å². The molecule has 3 radical (unpaired) electrons. The van der Waals surface area contributed by atoms with Crippen molar-refractivity contribution in [3.63, 3.8) is 0 Å². The second kappa shape index (κ2) is 161. The summed E-state index contributed by atoms with van der Waals surface area (Å²) in [7, 11) is 0. The van der Waals surface area contributed by atoms with Crippen LogP contribution in [0.1, 0.15) is 0 Å². The molecule has 0 atom stereocenters. The number of rotatable bonds is 0. The zero-order valence-electron chi connectivity index (χ0n) is 5.33. The second-order valence-electron chi connectivity index (χ2n) is 0. The first-order valence-corrected chi connectivity index (χ1v) is 0. The van der Waals surface area contributed by atoms with Crippen molar-refractivity contribution < 1.29 is 52.3 Å². The minimum absolute atomic E-state index is 0. The third-order valence-corrected chi connectivity index (χ3v) is 0. The zero-order valence-corrected chi connectivity index (χ0v) is 11.0. The Morgan fingerprint density at radius 3 is 0.333 bits per heavy atom. The van der Waals surface area contributed by atoms with E-state index in [2.05, 4.69) is 0 Å². The van der Waals surface area contributed by atoms with Gasteiger partial charge in [0.1, 0.15) is 0 Å². The van der Waals surface area contributed by atoms with Gasteiger partial charge < -0.3 is 32.9 Å². The Morgan fingerprint density at radius 1 is 0.333 bits per heavy atom. The molecule has 0 unspecified atom stereocenters. The Kier molecular flexibility index (Phi) is 3860. The molecule has 0 saturated heterocycles. The quantitative estimate of drug-likeness (QED) is 0.374. The molecule has 0 aromatic rings. The molecule has 0 spiro atoms. The average Bonchev–Trinajstić information content (AvgIpc) is 0. The first kappa shape index (κ1) is 216. The molecule has 9 heteroatoms. The van der Waals surface area contributed by atoms with Gasteiger partial charge in [-0.3, -0.25) is 0 Å². The first-order valence-electron chi connectivity index (χ1n) is 0. The number of hydrogen-bond acceptors (Lipinski definition) is 0. The molecule has 0 aliphatic heterocycles. The standard InChI is InChI=1S/2Na.6H2O.Rh/h;;6*1H2;. The van der Waals surface area contributed by atoms with E-state index in [1.165, 1.54) is 0 Å². The van der Waals surface area contributed by atoms with Gasteiger partial charge in [-0.05, 0) is 0 Å². The van der Waals surface area contributed by atoms with E-state index in [0.717, 1.165) is 0 Å². The molecule has 9 heavy (non-hydrogen) atoms. The third kappa shape index (κ3) is 128. The van der Waals surface area contributed by atoms with Crippen molar-refractivity contribution in [1.29, 1.82) is 0 Å². The van der Waals surface area contributed by atoms with Crippen molar-refractivity contribution in [2.24, 2.45) is 0 Å². The Labute approximate surface area is 110 Å². The van der Waals surface area contributed by atoms with E-state index in [4.69, 9.17) is 0 Å². The van der Waals surface area contributed by atoms with Crippen LogP contribution >= 0.6 is 0 Å². The molecule has 0 fully saturated rings. The summed E-state index contributed by atoms with van der Waals surface area (Å²) in [6.07, 6.45) is 0. The normalized spacial score (nSPS) is 0. The first-order chi connectivity index (χ1) is 0.